The fourth-order valence-corrected chi connectivity index (χ4v) is 5.77. The summed E-state index contributed by atoms with van der Waals surface area (Å²) in [6.07, 6.45) is 3.18. The first-order valence-electron chi connectivity index (χ1n) is 12.6. The van der Waals surface area contributed by atoms with Crippen molar-refractivity contribution in [3.05, 3.63) is 52.3 Å². The first kappa shape index (κ1) is 23.8. The molecule has 0 saturated carbocycles. The summed E-state index contributed by atoms with van der Waals surface area (Å²) in [5, 5.41) is 4.50. The number of aryl methyl sites for hydroxylation is 1. The molecule has 2 aliphatic rings. The summed E-state index contributed by atoms with van der Waals surface area (Å²) >= 11 is 0. The summed E-state index contributed by atoms with van der Waals surface area (Å²) in [5.41, 5.74) is 12.2. The van der Waals surface area contributed by atoms with Crippen LogP contribution in [0.15, 0.2) is 24.3 Å². The average Bonchev–Trinajstić information content (AvgIpc) is 3.14. The van der Waals surface area contributed by atoms with Gasteiger partial charge in [-0.1, -0.05) is 13.8 Å². The molecule has 0 radical (unpaired) electrons. The number of rotatable bonds is 5. The molecule has 3 aromatic rings. The number of aromatic nitrogens is 2. The maximum Gasteiger partial charge on any atom is 0.263 e. The molecule has 0 bridgehead atoms. The van der Waals surface area contributed by atoms with Crippen LogP contribution in [0.3, 0.4) is 0 Å². The van der Waals surface area contributed by atoms with E-state index in [9.17, 15) is 8.78 Å². The molecule has 3 N–H and O–H groups in total. The van der Waals surface area contributed by atoms with Crippen molar-refractivity contribution in [2.24, 2.45) is 5.41 Å². The summed E-state index contributed by atoms with van der Waals surface area (Å²) in [6.45, 7) is 10.7. The van der Waals surface area contributed by atoms with Crippen molar-refractivity contribution >= 4 is 28.1 Å². The molecule has 0 spiro atoms. The number of nitrogens with one attached hydrogen (secondary N) is 1. The Bertz CT molecular complexity index is 1260. The topological polar surface area (TPSA) is 67.1 Å². The van der Waals surface area contributed by atoms with Gasteiger partial charge in [0, 0.05) is 35.4 Å². The fourth-order valence-electron chi connectivity index (χ4n) is 5.77. The number of benzene rings is 2. The maximum absolute atomic E-state index is 13.4. The van der Waals surface area contributed by atoms with E-state index in [0.29, 0.717) is 17.1 Å². The highest BCUT2D eigenvalue weighted by molar-refractivity contribution is 5.96. The van der Waals surface area contributed by atoms with Gasteiger partial charge in [0.05, 0.1) is 11.6 Å². The number of hydrogen-bond donors (Lipinski definition) is 2. The van der Waals surface area contributed by atoms with E-state index in [0.717, 1.165) is 42.7 Å². The molecular weight excluding hydrogens is 444 g/mol. The normalized spacial score (nSPS) is 18.2. The molecule has 1 aromatic heterocycles. The molecule has 1 saturated heterocycles. The number of nitrogen functional groups attached to an aromatic ring is 1. The van der Waals surface area contributed by atoms with Crippen molar-refractivity contribution in [3.8, 4) is 0 Å². The van der Waals surface area contributed by atoms with E-state index in [2.05, 4.69) is 30.1 Å². The van der Waals surface area contributed by atoms with E-state index in [-0.39, 0.29) is 17.0 Å². The molecule has 186 valence electrons. The molecule has 1 aliphatic carbocycles. The highest BCUT2D eigenvalue weighted by Gasteiger charge is 2.34. The van der Waals surface area contributed by atoms with Crippen molar-refractivity contribution in [3.63, 3.8) is 0 Å². The van der Waals surface area contributed by atoms with Gasteiger partial charge in [-0.25, -0.2) is 18.7 Å². The Kier molecular flexibility index (Phi) is 6.06. The second-order valence-corrected chi connectivity index (χ2v) is 11.0. The second-order valence-electron chi connectivity index (χ2n) is 11.0. The largest absolute Gasteiger partial charge is 0.399 e. The van der Waals surface area contributed by atoms with Gasteiger partial charge in [0.1, 0.15) is 11.6 Å². The number of hydrogen-bond acceptors (Lipinski definition) is 5. The van der Waals surface area contributed by atoms with E-state index in [1.54, 1.807) is 6.07 Å². The Morgan fingerprint density at radius 2 is 1.66 bits per heavy atom. The zero-order valence-corrected chi connectivity index (χ0v) is 21.1. The van der Waals surface area contributed by atoms with Gasteiger partial charge in [-0.2, -0.15) is 0 Å². The molecule has 0 unspecified atom stereocenters. The third-order valence-corrected chi connectivity index (χ3v) is 7.41. The summed E-state index contributed by atoms with van der Waals surface area (Å²) in [4.78, 5) is 12.2. The lowest BCUT2D eigenvalue weighted by Crippen LogP contribution is -2.30. The van der Waals surface area contributed by atoms with E-state index >= 15 is 0 Å². The van der Waals surface area contributed by atoms with Crippen LogP contribution in [-0.4, -0.2) is 23.1 Å². The number of alkyl halides is 2. The third-order valence-electron chi connectivity index (χ3n) is 7.41. The van der Waals surface area contributed by atoms with Crippen LogP contribution < -0.4 is 16.0 Å². The lowest BCUT2D eigenvalue weighted by atomic mass is 9.90. The van der Waals surface area contributed by atoms with Gasteiger partial charge < -0.3 is 16.0 Å². The maximum atomic E-state index is 13.4. The summed E-state index contributed by atoms with van der Waals surface area (Å²) in [7, 11) is 0. The van der Waals surface area contributed by atoms with E-state index in [1.165, 1.54) is 48.2 Å². The quantitative estimate of drug-likeness (QED) is 0.396. The van der Waals surface area contributed by atoms with E-state index in [4.69, 9.17) is 15.7 Å². The average molecular weight is 480 g/mol. The van der Waals surface area contributed by atoms with E-state index < -0.39 is 6.43 Å². The molecule has 2 aromatic carbocycles. The molecule has 5 nitrogen and oxygen atoms in total. The van der Waals surface area contributed by atoms with Crippen molar-refractivity contribution in [1.29, 1.82) is 0 Å². The Hall–Kier alpha value is -2.96. The van der Waals surface area contributed by atoms with Gasteiger partial charge in [0.15, 0.2) is 0 Å². The number of anilines is 3. The first-order chi connectivity index (χ1) is 16.6. The lowest BCUT2D eigenvalue weighted by molar-refractivity contribution is 0.151. The molecule has 1 fully saturated rings. The van der Waals surface area contributed by atoms with Crippen LogP contribution in [0.1, 0.15) is 80.6 Å². The Balaban J connectivity index is 1.61. The van der Waals surface area contributed by atoms with Gasteiger partial charge in [-0.15, -0.1) is 0 Å². The molecular formula is C28H35F2N5. The highest BCUT2D eigenvalue weighted by Crippen LogP contribution is 2.46. The van der Waals surface area contributed by atoms with Gasteiger partial charge in [0.25, 0.3) is 6.43 Å². The number of piperidine rings is 1. The number of nitrogens with zero attached hydrogens (tertiary/aromatic N) is 3. The van der Waals surface area contributed by atoms with Crippen molar-refractivity contribution < 1.29 is 8.78 Å². The Morgan fingerprint density at radius 1 is 0.971 bits per heavy atom. The van der Waals surface area contributed by atoms with Crippen LogP contribution in [-0.2, 0) is 12.8 Å². The highest BCUT2D eigenvalue weighted by atomic mass is 19.3. The molecule has 5 rings (SSSR count). The van der Waals surface area contributed by atoms with Crippen LogP contribution >= 0.6 is 0 Å². The van der Waals surface area contributed by atoms with Gasteiger partial charge in [-0.3, -0.25) is 0 Å². The monoisotopic (exact) mass is 479 g/mol. The first-order valence-corrected chi connectivity index (χ1v) is 12.6. The summed E-state index contributed by atoms with van der Waals surface area (Å²) in [5.74, 6) is 1.44. The van der Waals surface area contributed by atoms with Gasteiger partial charge in [-0.05, 0) is 92.3 Å². The zero-order valence-electron chi connectivity index (χ0n) is 21.1. The van der Waals surface area contributed by atoms with Crippen molar-refractivity contribution in [1.82, 2.24) is 9.97 Å². The van der Waals surface area contributed by atoms with Crippen LogP contribution in [0.25, 0.3) is 10.9 Å². The Morgan fingerprint density at radius 3 is 2.37 bits per heavy atom. The molecule has 1 aliphatic heterocycles. The van der Waals surface area contributed by atoms with Crippen molar-refractivity contribution in [2.75, 3.05) is 29.0 Å². The standard InChI is InChI=1S/C28H35F2N5/c1-16(18-10-19(26(29)30)12-20(31)11-18)32-27-21-13-24(35-8-6-5-7-9-35)22-14-28(3,4)15-23(22)25(21)33-17(2)34-27/h10-13,16,26H,5-9,14-15,31H2,1-4H3,(H,32,33,34)/t16-/m1/s1. The van der Waals surface area contributed by atoms with E-state index in [1.807, 2.05) is 13.8 Å². The summed E-state index contributed by atoms with van der Waals surface area (Å²) < 4.78 is 26.8. The van der Waals surface area contributed by atoms with Crippen molar-refractivity contribution in [2.45, 2.75) is 72.3 Å². The second kappa shape index (κ2) is 8.92. The minimum absolute atomic E-state index is 0.0650. The van der Waals surface area contributed by atoms with Crippen LogP contribution in [0, 0.1) is 12.3 Å². The Labute approximate surface area is 206 Å². The fraction of sp³-hybridized carbons (Fsp3) is 0.500. The minimum atomic E-state index is -2.57. The SMILES string of the molecule is Cc1nc(N[C@H](C)c2cc(N)cc(C(F)F)c2)c2cc(N3CCCCC3)c3c(c2n1)CC(C)(C)C3. The minimum Gasteiger partial charge on any atom is -0.399 e. The molecule has 0 amide bonds. The number of fused-ring (bicyclic) bond motifs is 3. The van der Waals surface area contributed by atoms with Gasteiger partial charge in [0.2, 0.25) is 0 Å². The smallest absolute Gasteiger partial charge is 0.263 e. The lowest BCUT2D eigenvalue weighted by Gasteiger charge is -2.31. The predicted octanol–water partition coefficient (Wildman–Crippen LogP) is 6.75. The molecule has 7 heteroatoms. The van der Waals surface area contributed by atoms with Crippen LogP contribution in [0.5, 0.6) is 0 Å². The number of nitrogens with two attached hydrogens (primary N) is 1. The van der Waals surface area contributed by atoms with Crippen LogP contribution in [0.4, 0.5) is 26.0 Å². The van der Waals surface area contributed by atoms with Gasteiger partial charge >= 0.3 is 0 Å². The molecule has 2 heterocycles. The molecule has 35 heavy (non-hydrogen) atoms. The van der Waals surface area contributed by atoms with Crippen LogP contribution in [0.2, 0.25) is 0 Å². The predicted molar refractivity (Wildman–Crippen MR) is 139 cm³/mol. The molecule has 1 atom stereocenters. The summed E-state index contributed by atoms with van der Waals surface area (Å²) in [6, 6.07) is 6.62. The number of halogens is 2. The third kappa shape index (κ3) is 4.65. The zero-order chi connectivity index (χ0) is 24.9.